The fourth-order valence-corrected chi connectivity index (χ4v) is 2.01. The average Bonchev–Trinajstić information content (AvgIpc) is 2.73. The summed E-state index contributed by atoms with van der Waals surface area (Å²) in [7, 11) is 1.72. The molecule has 14 heavy (non-hydrogen) atoms. The molecule has 1 aliphatic heterocycles. The van der Waals surface area contributed by atoms with Crippen molar-refractivity contribution in [1.29, 1.82) is 0 Å². The first-order chi connectivity index (χ1) is 6.68. The van der Waals surface area contributed by atoms with Gasteiger partial charge in [-0.2, -0.15) is 4.98 Å². The monoisotopic (exact) mass is 258 g/mol. The van der Waals surface area contributed by atoms with Crippen molar-refractivity contribution in [3.05, 3.63) is 10.6 Å². The van der Waals surface area contributed by atoms with Crippen LogP contribution in [0.25, 0.3) is 0 Å². The topological polar surface area (TPSA) is 51.0 Å². The van der Waals surface area contributed by atoms with Gasteiger partial charge in [-0.3, -0.25) is 4.79 Å². The Morgan fingerprint density at radius 2 is 2.07 bits per heavy atom. The van der Waals surface area contributed by atoms with E-state index in [-0.39, 0.29) is 5.91 Å². The van der Waals surface area contributed by atoms with Crippen LogP contribution < -0.4 is 0 Å². The zero-order chi connectivity index (χ0) is 10.1. The van der Waals surface area contributed by atoms with Gasteiger partial charge in [-0.15, -0.1) is 5.10 Å². The van der Waals surface area contributed by atoms with Crippen LogP contribution in [0.2, 0.25) is 0 Å². The number of halogens is 1. The van der Waals surface area contributed by atoms with Crippen molar-refractivity contribution in [2.24, 2.45) is 7.05 Å². The lowest BCUT2D eigenvalue weighted by Gasteiger charge is -2.13. The zero-order valence-electron chi connectivity index (χ0n) is 7.90. The van der Waals surface area contributed by atoms with Crippen molar-refractivity contribution in [2.75, 3.05) is 13.1 Å². The third-order valence-corrected chi connectivity index (χ3v) is 2.66. The van der Waals surface area contributed by atoms with E-state index >= 15 is 0 Å². The van der Waals surface area contributed by atoms with E-state index in [2.05, 4.69) is 26.0 Å². The summed E-state index contributed by atoms with van der Waals surface area (Å²) in [5, 5.41) is 3.98. The molecule has 1 fully saturated rings. The van der Waals surface area contributed by atoms with Crippen LogP contribution in [0.4, 0.5) is 0 Å². The van der Waals surface area contributed by atoms with E-state index in [1.165, 1.54) is 4.68 Å². The summed E-state index contributed by atoms with van der Waals surface area (Å²) in [6.45, 7) is 1.67. The second-order valence-electron chi connectivity index (χ2n) is 3.33. The molecule has 0 radical (unpaired) electrons. The third-order valence-electron chi connectivity index (χ3n) is 2.32. The number of nitrogens with zero attached hydrogens (tertiary/aromatic N) is 4. The van der Waals surface area contributed by atoms with Crippen LogP contribution >= 0.6 is 15.9 Å². The van der Waals surface area contributed by atoms with Gasteiger partial charge < -0.3 is 4.90 Å². The van der Waals surface area contributed by atoms with Gasteiger partial charge in [-0.25, -0.2) is 4.68 Å². The third kappa shape index (κ3) is 1.66. The highest BCUT2D eigenvalue weighted by atomic mass is 79.9. The molecule has 1 amide bonds. The Hall–Kier alpha value is -0.910. The molecule has 1 aromatic heterocycles. The van der Waals surface area contributed by atoms with Crippen molar-refractivity contribution in [3.8, 4) is 0 Å². The van der Waals surface area contributed by atoms with Crippen molar-refractivity contribution in [1.82, 2.24) is 19.7 Å². The first-order valence-corrected chi connectivity index (χ1v) is 5.33. The van der Waals surface area contributed by atoms with Crippen LogP contribution in [0, 0.1) is 0 Å². The minimum absolute atomic E-state index is 0.0248. The van der Waals surface area contributed by atoms with Gasteiger partial charge in [0.05, 0.1) is 0 Å². The Balaban J connectivity index is 2.21. The smallest absolute Gasteiger partial charge is 0.291 e. The number of carbonyl (C=O) groups is 1. The van der Waals surface area contributed by atoms with Gasteiger partial charge in [0.15, 0.2) is 0 Å². The van der Waals surface area contributed by atoms with E-state index in [4.69, 9.17) is 0 Å². The summed E-state index contributed by atoms with van der Waals surface area (Å²) in [5.74, 6) is 0.377. The second kappa shape index (κ2) is 3.68. The van der Waals surface area contributed by atoms with E-state index in [1.54, 1.807) is 7.05 Å². The molecule has 6 heteroatoms. The molecule has 0 saturated carbocycles. The molecular weight excluding hydrogens is 248 g/mol. The molecule has 2 rings (SSSR count). The lowest BCUT2D eigenvalue weighted by atomic mass is 10.4. The number of likely N-dealkylation sites (tertiary alicyclic amines) is 1. The average molecular weight is 259 g/mol. The first-order valence-electron chi connectivity index (χ1n) is 4.54. The quantitative estimate of drug-likeness (QED) is 0.750. The molecular formula is C8H11BrN4O. The van der Waals surface area contributed by atoms with Crippen LogP contribution in [0.1, 0.15) is 23.5 Å². The predicted octanol–water partition coefficient (Wildman–Crippen LogP) is 0.814. The molecule has 0 spiro atoms. The van der Waals surface area contributed by atoms with Crippen molar-refractivity contribution in [2.45, 2.75) is 12.8 Å². The summed E-state index contributed by atoms with van der Waals surface area (Å²) >= 11 is 3.15. The Bertz CT molecular complexity index is 356. The number of rotatable bonds is 1. The minimum atomic E-state index is -0.0248. The van der Waals surface area contributed by atoms with Crippen LogP contribution in [0.5, 0.6) is 0 Å². The van der Waals surface area contributed by atoms with E-state index in [0.29, 0.717) is 10.6 Å². The highest BCUT2D eigenvalue weighted by molar-refractivity contribution is 9.10. The maximum atomic E-state index is 11.9. The molecule has 1 aromatic rings. The number of aromatic nitrogens is 3. The van der Waals surface area contributed by atoms with Gasteiger partial charge in [0.2, 0.25) is 10.6 Å². The lowest BCUT2D eigenvalue weighted by molar-refractivity contribution is 0.0776. The normalized spacial score (nSPS) is 16.3. The molecule has 0 atom stereocenters. The largest absolute Gasteiger partial charge is 0.336 e. The molecule has 2 heterocycles. The molecule has 1 saturated heterocycles. The van der Waals surface area contributed by atoms with Gasteiger partial charge in [-0.1, -0.05) is 0 Å². The molecule has 0 unspecified atom stereocenters. The van der Waals surface area contributed by atoms with Gasteiger partial charge in [0.25, 0.3) is 5.91 Å². The fraction of sp³-hybridized carbons (Fsp3) is 0.625. The first kappa shape index (κ1) is 9.64. The molecule has 1 aliphatic rings. The molecule has 5 nitrogen and oxygen atoms in total. The van der Waals surface area contributed by atoms with E-state index in [9.17, 15) is 4.79 Å². The fourth-order valence-electron chi connectivity index (χ4n) is 1.60. The zero-order valence-corrected chi connectivity index (χ0v) is 9.49. The van der Waals surface area contributed by atoms with Gasteiger partial charge >= 0.3 is 0 Å². The van der Waals surface area contributed by atoms with Crippen molar-refractivity contribution >= 4 is 21.8 Å². The molecule has 0 bridgehead atoms. The van der Waals surface area contributed by atoms with Crippen LogP contribution in [-0.4, -0.2) is 38.7 Å². The van der Waals surface area contributed by atoms with E-state index in [1.807, 2.05) is 4.90 Å². The molecule has 76 valence electrons. The number of amides is 1. The number of hydrogen-bond donors (Lipinski definition) is 0. The van der Waals surface area contributed by atoms with Crippen molar-refractivity contribution in [3.63, 3.8) is 0 Å². The van der Waals surface area contributed by atoms with E-state index < -0.39 is 0 Å². The number of hydrogen-bond acceptors (Lipinski definition) is 3. The van der Waals surface area contributed by atoms with Gasteiger partial charge in [0.1, 0.15) is 0 Å². The van der Waals surface area contributed by atoms with Gasteiger partial charge in [-0.05, 0) is 28.8 Å². The van der Waals surface area contributed by atoms with E-state index in [0.717, 1.165) is 25.9 Å². The summed E-state index contributed by atoms with van der Waals surface area (Å²) in [6, 6.07) is 0. The Morgan fingerprint density at radius 3 is 2.57 bits per heavy atom. The lowest BCUT2D eigenvalue weighted by Crippen LogP contribution is -2.30. The maximum Gasteiger partial charge on any atom is 0.291 e. The minimum Gasteiger partial charge on any atom is -0.336 e. The Labute approximate surface area is 90.2 Å². The highest BCUT2D eigenvalue weighted by Crippen LogP contribution is 2.12. The summed E-state index contributed by atoms with van der Waals surface area (Å²) in [6.07, 6.45) is 2.18. The highest BCUT2D eigenvalue weighted by Gasteiger charge is 2.23. The number of carbonyl (C=O) groups excluding carboxylic acids is 1. The standard InChI is InChI=1S/C8H11BrN4O/c1-12-6(10-8(9)11-12)7(14)13-4-2-3-5-13/h2-5H2,1H3. The van der Waals surface area contributed by atoms with Crippen LogP contribution in [0.15, 0.2) is 4.73 Å². The molecule has 0 aliphatic carbocycles. The Morgan fingerprint density at radius 1 is 1.43 bits per heavy atom. The van der Waals surface area contributed by atoms with Gasteiger partial charge in [0, 0.05) is 20.1 Å². The summed E-state index contributed by atoms with van der Waals surface area (Å²) < 4.78 is 1.97. The molecule has 0 aromatic carbocycles. The second-order valence-corrected chi connectivity index (χ2v) is 4.04. The predicted molar refractivity (Wildman–Crippen MR) is 53.8 cm³/mol. The van der Waals surface area contributed by atoms with Crippen molar-refractivity contribution < 1.29 is 4.79 Å². The molecule has 0 N–H and O–H groups in total. The van der Waals surface area contributed by atoms with Crippen LogP contribution in [-0.2, 0) is 7.05 Å². The summed E-state index contributed by atoms with van der Waals surface area (Å²) in [5.41, 5.74) is 0. The van der Waals surface area contributed by atoms with Crippen LogP contribution in [0.3, 0.4) is 0 Å². The summed E-state index contributed by atoms with van der Waals surface area (Å²) in [4.78, 5) is 17.7. The maximum absolute atomic E-state index is 11.9. The SMILES string of the molecule is Cn1nc(Br)nc1C(=O)N1CCCC1. The Kier molecular flexibility index (Phi) is 2.54. The number of aryl methyl sites for hydroxylation is 1.